The number of nitrogens with one attached hydrogen (secondary N) is 2. The van der Waals surface area contributed by atoms with Crippen LogP contribution in [0.4, 0.5) is 0 Å². The second-order valence-electron chi connectivity index (χ2n) is 11.9. The van der Waals surface area contributed by atoms with Gasteiger partial charge in [-0.25, -0.2) is 9.97 Å². The Morgan fingerprint density at radius 3 is 2.66 bits per heavy atom. The van der Waals surface area contributed by atoms with Crippen LogP contribution in [0.15, 0.2) is 54.7 Å². The molecule has 2 atom stereocenters. The summed E-state index contributed by atoms with van der Waals surface area (Å²) in [5.41, 5.74) is 4.43. The molecule has 0 unspecified atom stereocenters. The summed E-state index contributed by atoms with van der Waals surface area (Å²) in [6.07, 6.45) is 11.4. The SMILES string of the molecule is CN(C)C/C=C/C(=O)N[C@@H]1CCC[C@H](NC(=O)c2ccc3c(c2)nc(-c2cc4cccnc4n2CC2CC2)n3C)C1. The van der Waals surface area contributed by atoms with Crippen LogP contribution in [0.25, 0.3) is 33.6 Å². The van der Waals surface area contributed by atoms with Crippen LogP contribution in [0.2, 0.25) is 0 Å². The molecule has 9 heteroatoms. The van der Waals surface area contributed by atoms with Crippen LogP contribution >= 0.6 is 0 Å². The Labute approximate surface area is 240 Å². The fraction of sp³-hybridized carbons (Fsp3) is 0.438. The molecule has 0 saturated heterocycles. The number of rotatable bonds is 9. The van der Waals surface area contributed by atoms with Gasteiger partial charge in [-0.3, -0.25) is 9.59 Å². The van der Waals surface area contributed by atoms with Crippen molar-refractivity contribution in [2.75, 3.05) is 20.6 Å². The number of hydrogen-bond donors (Lipinski definition) is 2. The highest BCUT2D eigenvalue weighted by Gasteiger charge is 2.27. The van der Waals surface area contributed by atoms with E-state index in [0.29, 0.717) is 11.5 Å². The van der Waals surface area contributed by atoms with E-state index < -0.39 is 0 Å². The number of amides is 2. The molecular weight excluding hydrogens is 514 g/mol. The molecule has 0 aliphatic heterocycles. The predicted molar refractivity (Wildman–Crippen MR) is 162 cm³/mol. The molecule has 2 saturated carbocycles. The molecule has 6 rings (SSSR count). The highest BCUT2D eigenvalue weighted by molar-refractivity contribution is 5.98. The minimum atomic E-state index is -0.103. The summed E-state index contributed by atoms with van der Waals surface area (Å²) < 4.78 is 4.41. The van der Waals surface area contributed by atoms with Crippen LogP contribution in [0, 0.1) is 5.92 Å². The maximum absolute atomic E-state index is 13.3. The van der Waals surface area contributed by atoms with Crippen LogP contribution in [0.5, 0.6) is 0 Å². The van der Waals surface area contributed by atoms with Crippen LogP contribution in [-0.2, 0) is 18.4 Å². The molecule has 4 aromatic rings. The quantitative estimate of drug-likeness (QED) is 0.302. The summed E-state index contributed by atoms with van der Waals surface area (Å²) in [4.78, 5) is 37.3. The highest BCUT2D eigenvalue weighted by atomic mass is 16.2. The first kappa shape index (κ1) is 27.2. The van der Waals surface area contributed by atoms with E-state index in [0.717, 1.165) is 72.4 Å². The fourth-order valence-electron chi connectivity index (χ4n) is 5.93. The monoisotopic (exact) mass is 553 g/mol. The number of benzene rings is 1. The molecule has 9 nitrogen and oxygen atoms in total. The van der Waals surface area contributed by atoms with Gasteiger partial charge in [-0.15, -0.1) is 0 Å². The maximum atomic E-state index is 13.3. The number of fused-ring (bicyclic) bond motifs is 2. The molecule has 0 radical (unpaired) electrons. The lowest BCUT2D eigenvalue weighted by Crippen LogP contribution is -2.45. The highest BCUT2D eigenvalue weighted by Crippen LogP contribution is 2.36. The number of likely N-dealkylation sites (N-methyl/N-ethyl adjacent to an activating group) is 1. The van der Waals surface area contributed by atoms with Gasteiger partial charge in [0, 0.05) is 55.4 Å². The van der Waals surface area contributed by atoms with Crippen LogP contribution in [0.1, 0.15) is 48.9 Å². The van der Waals surface area contributed by atoms with E-state index in [-0.39, 0.29) is 23.9 Å². The lowest BCUT2D eigenvalue weighted by Gasteiger charge is -2.30. The molecule has 2 fully saturated rings. The third-order valence-corrected chi connectivity index (χ3v) is 8.26. The molecule has 2 amide bonds. The van der Waals surface area contributed by atoms with Crippen molar-refractivity contribution >= 4 is 33.9 Å². The Bertz CT molecular complexity index is 1610. The van der Waals surface area contributed by atoms with Gasteiger partial charge < -0.3 is 24.7 Å². The number of aromatic nitrogens is 4. The number of pyridine rings is 1. The lowest BCUT2D eigenvalue weighted by molar-refractivity contribution is -0.117. The zero-order chi connectivity index (χ0) is 28.5. The summed E-state index contributed by atoms with van der Waals surface area (Å²) in [6, 6.07) is 12.1. The summed E-state index contributed by atoms with van der Waals surface area (Å²) >= 11 is 0. The zero-order valence-electron chi connectivity index (χ0n) is 24.1. The third-order valence-electron chi connectivity index (χ3n) is 8.26. The van der Waals surface area contributed by atoms with Gasteiger partial charge in [0.2, 0.25) is 5.91 Å². The van der Waals surface area contributed by atoms with Gasteiger partial charge in [-0.2, -0.15) is 0 Å². The van der Waals surface area contributed by atoms with Crippen molar-refractivity contribution < 1.29 is 9.59 Å². The zero-order valence-corrected chi connectivity index (χ0v) is 24.1. The molecule has 2 aliphatic rings. The molecule has 2 aliphatic carbocycles. The molecule has 3 aromatic heterocycles. The molecule has 3 heterocycles. The number of carbonyl (C=O) groups excluding carboxylic acids is 2. The first-order valence-electron chi connectivity index (χ1n) is 14.7. The van der Waals surface area contributed by atoms with Crippen molar-refractivity contribution in [3.63, 3.8) is 0 Å². The number of hydrogen-bond acceptors (Lipinski definition) is 5. The van der Waals surface area contributed by atoms with Gasteiger partial charge in [0.25, 0.3) is 5.91 Å². The van der Waals surface area contributed by atoms with Gasteiger partial charge in [0.15, 0.2) is 5.82 Å². The Hall–Kier alpha value is -3.98. The van der Waals surface area contributed by atoms with Crippen LogP contribution in [0.3, 0.4) is 0 Å². The van der Waals surface area contributed by atoms with Gasteiger partial charge >= 0.3 is 0 Å². The van der Waals surface area contributed by atoms with Crippen molar-refractivity contribution in [1.29, 1.82) is 0 Å². The van der Waals surface area contributed by atoms with Crippen molar-refractivity contribution in [3.05, 3.63) is 60.3 Å². The van der Waals surface area contributed by atoms with Crippen molar-refractivity contribution in [1.82, 2.24) is 34.6 Å². The first-order chi connectivity index (χ1) is 19.9. The van der Waals surface area contributed by atoms with Gasteiger partial charge in [0.1, 0.15) is 5.65 Å². The molecule has 1 aromatic carbocycles. The van der Waals surface area contributed by atoms with E-state index in [9.17, 15) is 9.59 Å². The van der Waals surface area contributed by atoms with E-state index in [1.165, 1.54) is 12.8 Å². The van der Waals surface area contributed by atoms with E-state index >= 15 is 0 Å². The van der Waals surface area contributed by atoms with E-state index in [1.54, 1.807) is 6.08 Å². The predicted octanol–water partition coefficient (Wildman–Crippen LogP) is 4.28. The van der Waals surface area contributed by atoms with Crippen molar-refractivity contribution in [3.8, 4) is 11.5 Å². The summed E-state index contributed by atoms with van der Waals surface area (Å²) in [6.45, 7) is 1.67. The second kappa shape index (κ2) is 11.5. The average Bonchev–Trinajstić information content (AvgIpc) is 3.62. The summed E-state index contributed by atoms with van der Waals surface area (Å²) in [7, 11) is 5.96. The van der Waals surface area contributed by atoms with Crippen molar-refractivity contribution in [2.24, 2.45) is 13.0 Å². The second-order valence-corrected chi connectivity index (χ2v) is 11.9. The number of nitrogens with zero attached hydrogens (tertiary/aromatic N) is 5. The van der Waals surface area contributed by atoms with Crippen LogP contribution < -0.4 is 10.6 Å². The minimum Gasteiger partial charge on any atom is -0.350 e. The van der Waals surface area contributed by atoms with E-state index in [4.69, 9.17) is 4.98 Å². The largest absolute Gasteiger partial charge is 0.350 e. The Kier molecular flexibility index (Phi) is 7.62. The third kappa shape index (κ3) is 6.05. The van der Waals surface area contributed by atoms with Gasteiger partial charge in [-0.1, -0.05) is 6.08 Å². The molecular formula is C32H39N7O2. The topological polar surface area (TPSA) is 97.1 Å². The summed E-state index contributed by atoms with van der Waals surface area (Å²) in [5.74, 6) is 1.39. The van der Waals surface area contributed by atoms with Crippen LogP contribution in [-0.4, -0.2) is 68.5 Å². The number of aryl methyl sites for hydroxylation is 1. The minimum absolute atomic E-state index is 0.0212. The Balaban J connectivity index is 1.17. The standard InChI is InChI=1S/C32H39N7O2/c1-37(2)16-6-10-29(40)34-24-8-4-9-25(19-24)35-32(41)23-13-14-27-26(17-23)36-31(38(27)3)28-18-22-7-5-15-33-30(22)39(28)20-21-11-12-21/h5-7,10,13-15,17-18,21,24-25H,4,8-9,11-12,16,19-20H2,1-3H3,(H,34,40)(H,35,41)/b10-6+/t24-,25+/m1/s1. The fourth-order valence-corrected chi connectivity index (χ4v) is 5.93. The Morgan fingerprint density at radius 1 is 1.07 bits per heavy atom. The summed E-state index contributed by atoms with van der Waals surface area (Å²) in [5, 5.41) is 7.42. The van der Waals surface area contributed by atoms with Gasteiger partial charge in [-0.05, 0) is 94.9 Å². The smallest absolute Gasteiger partial charge is 0.251 e. The number of carbonyl (C=O) groups is 2. The molecule has 214 valence electrons. The lowest BCUT2D eigenvalue weighted by atomic mass is 9.90. The molecule has 0 bridgehead atoms. The van der Waals surface area contributed by atoms with E-state index in [1.807, 2.05) is 62.6 Å². The number of imidazole rings is 1. The maximum Gasteiger partial charge on any atom is 0.251 e. The first-order valence-corrected chi connectivity index (χ1v) is 14.7. The molecule has 0 spiro atoms. The van der Waals surface area contributed by atoms with Crippen molar-refractivity contribution in [2.45, 2.75) is 57.2 Å². The average molecular weight is 554 g/mol. The molecule has 2 N–H and O–H groups in total. The Morgan fingerprint density at radius 2 is 1.88 bits per heavy atom. The van der Waals surface area contributed by atoms with E-state index in [2.05, 4.69) is 36.9 Å². The van der Waals surface area contributed by atoms with Gasteiger partial charge in [0.05, 0.1) is 16.7 Å². The molecule has 41 heavy (non-hydrogen) atoms. The normalized spacial score (nSPS) is 19.4.